The Morgan fingerprint density at radius 3 is 2.50 bits per heavy atom. The standard InChI is InChI=1S/C8H15NO3/c1-5-2-3-6(5)8(11)7(10)4-9-12/h5-8,10-11H,2-4H2,1H3. The summed E-state index contributed by atoms with van der Waals surface area (Å²) in [7, 11) is 0. The van der Waals surface area contributed by atoms with Gasteiger partial charge in [-0.3, -0.25) is 0 Å². The number of aliphatic hydroxyl groups is 2. The van der Waals surface area contributed by atoms with Gasteiger partial charge in [0.25, 0.3) is 0 Å². The molecule has 4 unspecified atom stereocenters. The van der Waals surface area contributed by atoms with Crippen molar-refractivity contribution in [1.29, 1.82) is 0 Å². The molecule has 0 aromatic heterocycles. The highest BCUT2D eigenvalue weighted by Crippen LogP contribution is 2.37. The van der Waals surface area contributed by atoms with Gasteiger partial charge in [-0.2, -0.15) is 4.91 Å². The summed E-state index contributed by atoms with van der Waals surface area (Å²) >= 11 is 0. The summed E-state index contributed by atoms with van der Waals surface area (Å²) in [4.78, 5) is 9.81. The molecule has 0 aromatic rings. The Bertz CT molecular complexity index is 162. The molecule has 0 amide bonds. The van der Waals surface area contributed by atoms with Crippen LogP contribution in [-0.2, 0) is 0 Å². The molecule has 0 aliphatic heterocycles. The molecule has 1 aliphatic carbocycles. The van der Waals surface area contributed by atoms with Gasteiger partial charge < -0.3 is 10.2 Å². The van der Waals surface area contributed by atoms with E-state index in [0.717, 1.165) is 12.8 Å². The molecule has 0 radical (unpaired) electrons. The highest BCUT2D eigenvalue weighted by Gasteiger charge is 2.36. The van der Waals surface area contributed by atoms with Crippen molar-refractivity contribution in [3.05, 3.63) is 4.91 Å². The first-order valence-electron chi connectivity index (χ1n) is 4.32. The SMILES string of the molecule is CC1CCC1C(O)C(O)CN=O. The zero-order valence-electron chi connectivity index (χ0n) is 7.18. The molecular weight excluding hydrogens is 158 g/mol. The average Bonchev–Trinajstić information content (AvgIpc) is 2.02. The van der Waals surface area contributed by atoms with E-state index in [-0.39, 0.29) is 12.5 Å². The molecular formula is C8H15NO3. The first-order chi connectivity index (χ1) is 5.66. The molecule has 4 atom stereocenters. The van der Waals surface area contributed by atoms with Crippen molar-refractivity contribution in [2.75, 3.05) is 6.54 Å². The second-order valence-electron chi connectivity index (χ2n) is 3.59. The zero-order valence-corrected chi connectivity index (χ0v) is 7.18. The fraction of sp³-hybridized carbons (Fsp3) is 1.00. The van der Waals surface area contributed by atoms with Crippen LogP contribution >= 0.6 is 0 Å². The van der Waals surface area contributed by atoms with E-state index in [2.05, 4.69) is 5.18 Å². The van der Waals surface area contributed by atoms with Crippen molar-refractivity contribution in [3.8, 4) is 0 Å². The maximum Gasteiger partial charge on any atom is 0.110 e. The number of nitrogens with zero attached hydrogens (tertiary/aromatic N) is 1. The number of rotatable bonds is 4. The average molecular weight is 173 g/mol. The van der Waals surface area contributed by atoms with Crippen LogP contribution in [-0.4, -0.2) is 29.0 Å². The van der Waals surface area contributed by atoms with E-state index < -0.39 is 12.2 Å². The summed E-state index contributed by atoms with van der Waals surface area (Å²) in [5.74, 6) is 0.614. The molecule has 1 rings (SSSR count). The predicted molar refractivity (Wildman–Crippen MR) is 44.6 cm³/mol. The molecule has 1 fully saturated rings. The third kappa shape index (κ3) is 1.81. The first-order valence-corrected chi connectivity index (χ1v) is 4.32. The minimum absolute atomic E-state index is 0.154. The Hall–Kier alpha value is -0.480. The van der Waals surface area contributed by atoms with Crippen molar-refractivity contribution in [1.82, 2.24) is 0 Å². The first kappa shape index (κ1) is 9.61. The third-order valence-electron chi connectivity index (χ3n) is 2.78. The minimum atomic E-state index is -0.977. The Labute approximate surface area is 71.6 Å². The molecule has 0 bridgehead atoms. The molecule has 0 aromatic carbocycles. The summed E-state index contributed by atoms with van der Waals surface area (Å²) in [6.45, 7) is 1.84. The van der Waals surface area contributed by atoms with Gasteiger partial charge in [0, 0.05) is 0 Å². The quantitative estimate of drug-likeness (QED) is 0.609. The van der Waals surface area contributed by atoms with Crippen molar-refractivity contribution in [2.24, 2.45) is 17.0 Å². The van der Waals surface area contributed by atoms with Gasteiger partial charge in [-0.25, -0.2) is 0 Å². The molecule has 2 N–H and O–H groups in total. The minimum Gasteiger partial charge on any atom is -0.390 e. The molecule has 0 heterocycles. The second-order valence-corrected chi connectivity index (χ2v) is 3.59. The highest BCUT2D eigenvalue weighted by atomic mass is 16.3. The number of hydrogen-bond donors (Lipinski definition) is 2. The summed E-state index contributed by atoms with van der Waals surface area (Å²) in [6, 6.07) is 0. The van der Waals surface area contributed by atoms with Gasteiger partial charge in [0.15, 0.2) is 0 Å². The van der Waals surface area contributed by atoms with E-state index in [9.17, 15) is 15.1 Å². The van der Waals surface area contributed by atoms with Crippen LogP contribution in [0.3, 0.4) is 0 Å². The summed E-state index contributed by atoms with van der Waals surface area (Å²) < 4.78 is 0. The Kier molecular flexibility index (Phi) is 3.17. The van der Waals surface area contributed by atoms with E-state index in [0.29, 0.717) is 5.92 Å². The molecule has 12 heavy (non-hydrogen) atoms. The molecule has 4 heteroatoms. The van der Waals surface area contributed by atoms with E-state index >= 15 is 0 Å². The summed E-state index contributed by atoms with van der Waals surface area (Å²) in [5.41, 5.74) is 0. The van der Waals surface area contributed by atoms with Gasteiger partial charge in [-0.05, 0) is 24.7 Å². The monoisotopic (exact) mass is 173 g/mol. The van der Waals surface area contributed by atoms with Crippen LogP contribution in [0.25, 0.3) is 0 Å². The Balaban J connectivity index is 2.35. The van der Waals surface area contributed by atoms with E-state index in [1.165, 1.54) is 0 Å². The Morgan fingerprint density at radius 2 is 2.17 bits per heavy atom. The van der Waals surface area contributed by atoms with Gasteiger partial charge in [0.1, 0.15) is 12.6 Å². The summed E-state index contributed by atoms with van der Waals surface area (Å²) in [6.07, 6.45) is 0.294. The maximum atomic E-state index is 9.81. The third-order valence-corrected chi connectivity index (χ3v) is 2.78. The smallest absolute Gasteiger partial charge is 0.110 e. The van der Waals surface area contributed by atoms with E-state index in [1.807, 2.05) is 6.92 Å². The van der Waals surface area contributed by atoms with E-state index in [4.69, 9.17) is 0 Å². The van der Waals surface area contributed by atoms with Crippen LogP contribution in [0.5, 0.6) is 0 Å². The molecule has 70 valence electrons. The lowest BCUT2D eigenvalue weighted by Gasteiger charge is -2.38. The second kappa shape index (κ2) is 3.96. The van der Waals surface area contributed by atoms with Crippen molar-refractivity contribution in [3.63, 3.8) is 0 Å². The highest BCUT2D eigenvalue weighted by molar-refractivity contribution is 4.87. The van der Waals surface area contributed by atoms with Gasteiger partial charge in [0.2, 0.25) is 0 Å². The van der Waals surface area contributed by atoms with Crippen LogP contribution in [0.1, 0.15) is 19.8 Å². The van der Waals surface area contributed by atoms with Gasteiger partial charge in [-0.15, -0.1) is 0 Å². The van der Waals surface area contributed by atoms with Crippen LogP contribution < -0.4 is 0 Å². The van der Waals surface area contributed by atoms with Crippen molar-refractivity contribution in [2.45, 2.75) is 32.0 Å². The zero-order chi connectivity index (χ0) is 9.14. The van der Waals surface area contributed by atoms with Gasteiger partial charge in [-0.1, -0.05) is 12.1 Å². The molecule has 0 spiro atoms. The number of nitroso groups, excluding NO2 is 1. The number of aliphatic hydroxyl groups excluding tert-OH is 2. The topological polar surface area (TPSA) is 69.9 Å². The van der Waals surface area contributed by atoms with Gasteiger partial charge >= 0.3 is 0 Å². The Morgan fingerprint density at radius 1 is 1.50 bits per heavy atom. The lowest BCUT2D eigenvalue weighted by Crippen LogP contribution is -2.42. The maximum absolute atomic E-state index is 9.81. The van der Waals surface area contributed by atoms with Gasteiger partial charge in [0.05, 0.1) is 6.10 Å². The van der Waals surface area contributed by atoms with Crippen LogP contribution in [0, 0.1) is 16.7 Å². The van der Waals surface area contributed by atoms with Crippen molar-refractivity contribution >= 4 is 0 Å². The normalized spacial score (nSPS) is 33.6. The predicted octanol–water partition coefficient (Wildman–Crippen LogP) is 0.521. The molecule has 1 saturated carbocycles. The van der Waals surface area contributed by atoms with Crippen molar-refractivity contribution < 1.29 is 10.2 Å². The molecule has 4 nitrogen and oxygen atoms in total. The molecule has 0 saturated heterocycles. The fourth-order valence-electron chi connectivity index (χ4n) is 1.67. The summed E-state index contributed by atoms with van der Waals surface area (Å²) in [5, 5.41) is 21.3. The lowest BCUT2D eigenvalue weighted by atomic mass is 9.70. The largest absolute Gasteiger partial charge is 0.390 e. The van der Waals surface area contributed by atoms with Crippen LogP contribution in [0.4, 0.5) is 0 Å². The van der Waals surface area contributed by atoms with Crippen LogP contribution in [0.2, 0.25) is 0 Å². The number of hydrogen-bond acceptors (Lipinski definition) is 4. The fourth-order valence-corrected chi connectivity index (χ4v) is 1.67. The molecule has 1 aliphatic rings. The van der Waals surface area contributed by atoms with Crippen LogP contribution in [0.15, 0.2) is 5.18 Å². The van der Waals surface area contributed by atoms with E-state index in [1.54, 1.807) is 0 Å². The lowest BCUT2D eigenvalue weighted by molar-refractivity contribution is -0.0572.